The van der Waals surface area contributed by atoms with Crippen LogP contribution < -0.4 is 0 Å². The number of carboxylic acids is 1. The van der Waals surface area contributed by atoms with E-state index in [-0.39, 0.29) is 42.4 Å². The lowest BCUT2D eigenvalue weighted by Crippen LogP contribution is -2.45. The molecule has 1 aliphatic rings. The molecule has 0 fully saturated rings. The molecular weight excluding hydrogens is 540 g/mol. The number of amides is 1. The van der Waals surface area contributed by atoms with Gasteiger partial charge in [0.1, 0.15) is 0 Å². The maximum Gasteiger partial charge on any atom is 0.336 e. The molecule has 0 saturated heterocycles. The molecule has 0 unspecified atom stereocenters. The SMILES string of the molecule is CCC(=O)c1ccc(-c2cc(CN3C(=O)c4ccc(Cl)cc4CC(=O)[C@H]3Cc3ccccn3)ccc2C(=O)O)cc1. The van der Waals surface area contributed by atoms with Crippen LogP contribution in [0.15, 0.2) is 85.1 Å². The summed E-state index contributed by atoms with van der Waals surface area (Å²) in [6, 6.07) is 21.3. The lowest BCUT2D eigenvalue weighted by molar-refractivity contribution is -0.122. The van der Waals surface area contributed by atoms with Crippen molar-refractivity contribution in [2.45, 2.75) is 38.8 Å². The maximum atomic E-state index is 13.9. The molecule has 41 heavy (non-hydrogen) atoms. The Morgan fingerprint density at radius 1 is 0.976 bits per heavy atom. The first-order chi connectivity index (χ1) is 19.7. The fourth-order valence-electron chi connectivity index (χ4n) is 5.17. The van der Waals surface area contributed by atoms with E-state index in [1.807, 2.05) is 12.1 Å². The molecule has 3 aromatic carbocycles. The van der Waals surface area contributed by atoms with Crippen molar-refractivity contribution in [3.63, 3.8) is 0 Å². The zero-order chi connectivity index (χ0) is 29.1. The van der Waals surface area contributed by atoms with Gasteiger partial charge >= 0.3 is 5.97 Å². The van der Waals surface area contributed by atoms with Gasteiger partial charge in [0.05, 0.1) is 11.6 Å². The summed E-state index contributed by atoms with van der Waals surface area (Å²) in [5, 5.41) is 10.3. The van der Waals surface area contributed by atoms with Crippen LogP contribution in [0.1, 0.15) is 61.2 Å². The average molecular weight is 567 g/mol. The van der Waals surface area contributed by atoms with Gasteiger partial charge in [-0.1, -0.05) is 54.9 Å². The van der Waals surface area contributed by atoms with Gasteiger partial charge in [-0.2, -0.15) is 0 Å². The summed E-state index contributed by atoms with van der Waals surface area (Å²) in [7, 11) is 0. The normalized spacial score (nSPS) is 14.9. The van der Waals surface area contributed by atoms with Crippen molar-refractivity contribution in [2.75, 3.05) is 0 Å². The first kappa shape index (κ1) is 27.9. The number of rotatable bonds is 8. The number of carbonyl (C=O) groups excluding carboxylic acids is 3. The third-order valence-corrected chi connectivity index (χ3v) is 7.54. The molecule has 0 spiro atoms. The minimum atomic E-state index is -1.10. The van der Waals surface area contributed by atoms with Gasteiger partial charge in [0.15, 0.2) is 11.6 Å². The predicted octanol–water partition coefficient (Wildman–Crippen LogP) is 6.07. The average Bonchev–Trinajstić information content (AvgIpc) is 3.07. The summed E-state index contributed by atoms with van der Waals surface area (Å²) in [6.07, 6.45) is 2.31. The van der Waals surface area contributed by atoms with Crippen LogP contribution in [0, 0.1) is 0 Å². The van der Waals surface area contributed by atoms with Crippen LogP contribution in [-0.2, 0) is 24.2 Å². The van der Waals surface area contributed by atoms with Crippen molar-refractivity contribution >= 4 is 35.0 Å². The standard InChI is InChI=1S/C33H27ClN2O5/c1-2-30(37)22-9-7-21(8-10-22)28-15-20(6-12-27(28)33(40)41)19-36-29(18-25-5-3-4-14-35-25)31(38)17-23-16-24(34)11-13-26(23)32(36)39/h3-16,29H,2,17-19H2,1H3,(H,40,41)/t29-/m1/s1. The molecule has 206 valence electrons. The Morgan fingerprint density at radius 3 is 2.44 bits per heavy atom. The van der Waals surface area contributed by atoms with E-state index < -0.39 is 12.0 Å². The number of ketones is 2. The van der Waals surface area contributed by atoms with Crippen molar-refractivity contribution in [3.05, 3.63) is 124 Å². The lowest BCUT2D eigenvalue weighted by Gasteiger charge is -2.29. The van der Waals surface area contributed by atoms with E-state index in [4.69, 9.17) is 11.6 Å². The number of aromatic carboxylic acids is 1. The van der Waals surface area contributed by atoms with Crippen LogP contribution in [0.3, 0.4) is 0 Å². The van der Waals surface area contributed by atoms with E-state index in [0.717, 1.165) is 0 Å². The van der Waals surface area contributed by atoms with Crippen molar-refractivity contribution in [1.29, 1.82) is 0 Å². The van der Waals surface area contributed by atoms with E-state index >= 15 is 0 Å². The highest BCUT2D eigenvalue weighted by Crippen LogP contribution is 2.30. The second-order valence-electron chi connectivity index (χ2n) is 9.96. The molecule has 1 aromatic heterocycles. The van der Waals surface area contributed by atoms with E-state index in [0.29, 0.717) is 50.5 Å². The fraction of sp³-hybridized carbons (Fsp3) is 0.182. The molecular formula is C33H27ClN2O5. The monoisotopic (exact) mass is 566 g/mol. The zero-order valence-corrected chi connectivity index (χ0v) is 23.1. The molecule has 8 heteroatoms. The highest BCUT2D eigenvalue weighted by atomic mass is 35.5. The number of hydrogen-bond acceptors (Lipinski definition) is 5. The van der Waals surface area contributed by atoms with Crippen LogP contribution in [0.4, 0.5) is 0 Å². The number of carboxylic acid groups (broad SMARTS) is 1. The third kappa shape index (κ3) is 5.95. The van der Waals surface area contributed by atoms with Crippen molar-refractivity contribution in [3.8, 4) is 11.1 Å². The Hall–Kier alpha value is -4.62. The van der Waals surface area contributed by atoms with Crippen LogP contribution in [0.25, 0.3) is 11.1 Å². The second kappa shape index (κ2) is 11.9. The van der Waals surface area contributed by atoms with Gasteiger partial charge in [-0.05, 0) is 64.7 Å². The van der Waals surface area contributed by atoms with E-state index in [1.165, 1.54) is 6.07 Å². The zero-order valence-electron chi connectivity index (χ0n) is 22.3. The molecule has 1 amide bonds. The minimum absolute atomic E-state index is 0.00591. The molecule has 4 aromatic rings. The molecule has 5 rings (SSSR count). The van der Waals surface area contributed by atoms with Gasteiger partial charge in [0.2, 0.25) is 0 Å². The summed E-state index contributed by atoms with van der Waals surface area (Å²) < 4.78 is 0. The molecule has 7 nitrogen and oxygen atoms in total. The Bertz CT molecular complexity index is 1650. The minimum Gasteiger partial charge on any atom is -0.478 e. The van der Waals surface area contributed by atoms with Crippen LogP contribution in [0.5, 0.6) is 0 Å². The number of carbonyl (C=O) groups is 4. The van der Waals surface area contributed by atoms with E-state index in [9.17, 15) is 24.3 Å². The van der Waals surface area contributed by atoms with E-state index in [2.05, 4.69) is 4.98 Å². The van der Waals surface area contributed by atoms with Crippen LogP contribution in [0.2, 0.25) is 5.02 Å². The van der Waals surface area contributed by atoms with Gasteiger partial charge in [-0.3, -0.25) is 19.4 Å². The maximum absolute atomic E-state index is 13.9. The highest BCUT2D eigenvalue weighted by molar-refractivity contribution is 6.30. The van der Waals surface area contributed by atoms with Gasteiger partial charge in [-0.25, -0.2) is 4.79 Å². The smallest absolute Gasteiger partial charge is 0.336 e. The largest absolute Gasteiger partial charge is 0.478 e. The topological polar surface area (TPSA) is 105 Å². The van der Waals surface area contributed by atoms with Crippen LogP contribution >= 0.6 is 11.6 Å². The molecule has 0 aliphatic carbocycles. The molecule has 1 aliphatic heterocycles. The number of pyridine rings is 1. The summed E-state index contributed by atoms with van der Waals surface area (Å²) in [5.41, 5.74) is 4.03. The summed E-state index contributed by atoms with van der Waals surface area (Å²) >= 11 is 6.20. The van der Waals surface area contributed by atoms with E-state index in [1.54, 1.807) is 78.7 Å². The molecule has 2 heterocycles. The number of aromatic nitrogens is 1. The summed E-state index contributed by atoms with van der Waals surface area (Å²) in [5.74, 6) is -1.55. The van der Waals surface area contributed by atoms with Crippen LogP contribution in [-0.4, -0.2) is 44.5 Å². The summed E-state index contributed by atoms with van der Waals surface area (Å²) in [4.78, 5) is 57.7. The molecule has 1 atom stereocenters. The summed E-state index contributed by atoms with van der Waals surface area (Å²) in [6.45, 7) is 1.86. The van der Waals surface area contributed by atoms with Crippen molar-refractivity contribution < 1.29 is 24.3 Å². The second-order valence-corrected chi connectivity index (χ2v) is 10.4. The quantitative estimate of drug-likeness (QED) is 0.259. The molecule has 0 saturated carbocycles. The number of nitrogens with zero attached hydrogens (tertiary/aromatic N) is 2. The highest BCUT2D eigenvalue weighted by Gasteiger charge is 2.36. The number of halogens is 1. The number of Topliss-reactive ketones (excluding diaryl/α,β-unsaturated/α-hetero) is 2. The third-order valence-electron chi connectivity index (χ3n) is 7.31. The molecule has 0 bridgehead atoms. The predicted molar refractivity (Wildman–Crippen MR) is 155 cm³/mol. The van der Waals surface area contributed by atoms with Gasteiger partial charge < -0.3 is 10.0 Å². The lowest BCUT2D eigenvalue weighted by atomic mass is 9.95. The van der Waals surface area contributed by atoms with Crippen molar-refractivity contribution in [1.82, 2.24) is 9.88 Å². The molecule has 1 N–H and O–H groups in total. The Morgan fingerprint density at radius 2 is 1.76 bits per heavy atom. The van der Waals surface area contributed by atoms with Crippen molar-refractivity contribution in [2.24, 2.45) is 0 Å². The first-order valence-electron chi connectivity index (χ1n) is 13.3. The van der Waals surface area contributed by atoms with Gasteiger partial charge in [0, 0.05) is 53.8 Å². The number of hydrogen-bond donors (Lipinski definition) is 1. The first-order valence-corrected chi connectivity index (χ1v) is 13.6. The van der Waals surface area contributed by atoms with Gasteiger partial charge in [0.25, 0.3) is 5.91 Å². The number of benzene rings is 3. The fourth-order valence-corrected chi connectivity index (χ4v) is 5.36. The Balaban J connectivity index is 1.56. The Kier molecular flexibility index (Phi) is 8.08. The Labute approximate surface area is 242 Å². The van der Waals surface area contributed by atoms with Gasteiger partial charge in [-0.15, -0.1) is 0 Å². The molecule has 0 radical (unpaired) electrons. The number of fused-ring (bicyclic) bond motifs is 1.